The van der Waals surface area contributed by atoms with E-state index in [9.17, 15) is 4.79 Å². The van der Waals surface area contributed by atoms with E-state index in [1.165, 1.54) is 5.56 Å². The molecule has 12 heavy (non-hydrogen) atoms. The summed E-state index contributed by atoms with van der Waals surface area (Å²) in [4.78, 5) is 9.96. The molecule has 0 aliphatic carbocycles. The number of hydrogen-bond donors (Lipinski definition) is 0. The number of aldehydes is 1. The van der Waals surface area contributed by atoms with E-state index in [1.807, 2.05) is 30.4 Å². The molecule has 0 amide bonds. The van der Waals surface area contributed by atoms with E-state index in [4.69, 9.17) is 0 Å². The molecule has 0 saturated carbocycles. The van der Waals surface area contributed by atoms with Gasteiger partial charge in [-0.25, -0.2) is 0 Å². The summed E-state index contributed by atoms with van der Waals surface area (Å²) in [6.07, 6.45) is 6.24. The van der Waals surface area contributed by atoms with Crippen molar-refractivity contribution in [3.63, 3.8) is 0 Å². The molecule has 0 aliphatic heterocycles. The Kier molecular flexibility index (Phi) is 3.86. The first-order chi connectivity index (χ1) is 5.93. The molecule has 1 rings (SSSR count). The van der Waals surface area contributed by atoms with Crippen LogP contribution in [0.2, 0.25) is 0 Å². The number of carbonyl (C=O) groups is 1. The number of hydrogen-bond acceptors (Lipinski definition) is 1. The van der Waals surface area contributed by atoms with Crippen molar-refractivity contribution in [1.82, 2.24) is 0 Å². The summed E-state index contributed by atoms with van der Waals surface area (Å²) < 4.78 is 0. The van der Waals surface area contributed by atoms with Crippen molar-refractivity contribution in [1.29, 1.82) is 0 Å². The Bertz CT molecular complexity index is 249. The molecule has 0 fully saturated rings. The highest BCUT2D eigenvalue weighted by Gasteiger charge is 1.84. The Hall–Kier alpha value is -1.37. The molecular formula is C11H12O. The van der Waals surface area contributed by atoms with Crippen LogP contribution in [-0.4, -0.2) is 6.29 Å². The van der Waals surface area contributed by atoms with Crippen LogP contribution < -0.4 is 0 Å². The average molecular weight is 160 g/mol. The van der Waals surface area contributed by atoms with E-state index in [2.05, 4.69) is 12.1 Å². The maximum atomic E-state index is 9.96. The largest absolute Gasteiger partial charge is 0.303 e. The van der Waals surface area contributed by atoms with Crippen molar-refractivity contribution < 1.29 is 4.79 Å². The van der Waals surface area contributed by atoms with Crippen molar-refractivity contribution in [3.05, 3.63) is 48.0 Å². The summed E-state index contributed by atoms with van der Waals surface area (Å²) in [5, 5.41) is 0. The van der Waals surface area contributed by atoms with Crippen LogP contribution in [0.5, 0.6) is 0 Å². The van der Waals surface area contributed by atoms with Crippen LogP contribution in [0.3, 0.4) is 0 Å². The van der Waals surface area contributed by atoms with Crippen LogP contribution in [0.4, 0.5) is 0 Å². The highest BCUT2D eigenvalue weighted by atomic mass is 16.1. The fraction of sp³-hybridized carbons (Fsp3) is 0.182. The van der Waals surface area contributed by atoms with E-state index < -0.39 is 0 Å². The Morgan fingerprint density at radius 3 is 2.50 bits per heavy atom. The first-order valence-electron chi connectivity index (χ1n) is 4.06. The van der Waals surface area contributed by atoms with Gasteiger partial charge in [0.15, 0.2) is 0 Å². The van der Waals surface area contributed by atoms with E-state index in [0.29, 0.717) is 6.42 Å². The first kappa shape index (κ1) is 8.72. The standard InChI is InChI=1S/C11H12O/c12-10-6-2-5-9-11-7-3-1-4-8-11/h1-5,7-8,10H,6,9H2/b5-2+. The quantitative estimate of drug-likeness (QED) is 0.488. The van der Waals surface area contributed by atoms with Crippen molar-refractivity contribution in [3.8, 4) is 0 Å². The molecule has 0 aliphatic rings. The van der Waals surface area contributed by atoms with Gasteiger partial charge in [-0.3, -0.25) is 0 Å². The predicted molar refractivity (Wildman–Crippen MR) is 50.0 cm³/mol. The monoisotopic (exact) mass is 160 g/mol. The maximum absolute atomic E-state index is 9.96. The van der Waals surface area contributed by atoms with Crippen molar-refractivity contribution in [2.24, 2.45) is 0 Å². The number of allylic oxidation sites excluding steroid dienone is 2. The van der Waals surface area contributed by atoms with E-state index in [-0.39, 0.29) is 0 Å². The molecule has 0 aromatic heterocycles. The van der Waals surface area contributed by atoms with Gasteiger partial charge in [-0.05, 0) is 12.0 Å². The second-order valence-corrected chi connectivity index (χ2v) is 2.56. The lowest BCUT2D eigenvalue weighted by molar-refractivity contribution is -0.107. The van der Waals surface area contributed by atoms with Crippen LogP contribution in [-0.2, 0) is 11.2 Å². The fourth-order valence-electron chi connectivity index (χ4n) is 0.985. The minimum Gasteiger partial charge on any atom is -0.303 e. The normalized spacial score (nSPS) is 10.3. The molecule has 1 nitrogen and oxygen atoms in total. The summed E-state index contributed by atoms with van der Waals surface area (Å²) in [7, 11) is 0. The Morgan fingerprint density at radius 1 is 1.08 bits per heavy atom. The van der Waals surface area contributed by atoms with Crippen LogP contribution >= 0.6 is 0 Å². The molecule has 1 aromatic rings. The molecule has 0 spiro atoms. The Labute approximate surface area is 72.7 Å². The highest BCUT2D eigenvalue weighted by molar-refractivity contribution is 5.51. The van der Waals surface area contributed by atoms with Gasteiger partial charge >= 0.3 is 0 Å². The molecule has 0 saturated heterocycles. The van der Waals surface area contributed by atoms with Crippen molar-refractivity contribution >= 4 is 6.29 Å². The van der Waals surface area contributed by atoms with E-state index >= 15 is 0 Å². The van der Waals surface area contributed by atoms with Gasteiger partial charge in [0, 0.05) is 6.42 Å². The van der Waals surface area contributed by atoms with Gasteiger partial charge in [-0.2, -0.15) is 0 Å². The van der Waals surface area contributed by atoms with Gasteiger partial charge in [0.25, 0.3) is 0 Å². The SMILES string of the molecule is O=CC/C=C/Cc1ccccc1. The van der Waals surface area contributed by atoms with Gasteiger partial charge in [-0.1, -0.05) is 42.5 Å². The van der Waals surface area contributed by atoms with Gasteiger partial charge in [-0.15, -0.1) is 0 Å². The summed E-state index contributed by atoms with van der Waals surface area (Å²) in [5.74, 6) is 0. The van der Waals surface area contributed by atoms with Crippen LogP contribution in [0.25, 0.3) is 0 Å². The zero-order valence-corrected chi connectivity index (χ0v) is 6.94. The van der Waals surface area contributed by atoms with E-state index in [1.54, 1.807) is 0 Å². The highest BCUT2D eigenvalue weighted by Crippen LogP contribution is 1.99. The topological polar surface area (TPSA) is 17.1 Å². The van der Waals surface area contributed by atoms with E-state index in [0.717, 1.165) is 12.7 Å². The molecule has 0 atom stereocenters. The number of carbonyl (C=O) groups excluding carboxylic acids is 1. The first-order valence-corrected chi connectivity index (χ1v) is 4.06. The summed E-state index contributed by atoms with van der Waals surface area (Å²) in [6, 6.07) is 10.2. The van der Waals surface area contributed by atoms with Gasteiger partial charge < -0.3 is 4.79 Å². The van der Waals surface area contributed by atoms with Gasteiger partial charge in [0.1, 0.15) is 6.29 Å². The molecule has 62 valence electrons. The predicted octanol–water partition coefficient (Wildman–Crippen LogP) is 2.37. The average Bonchev–Trinajstić information content (AvgIpc) is 2.14. The third-order valence-corrected chi connectivity index (χ3v) is 1.60. The summed E-state index contributed by atoms with van der Waals surface area (Å²) in [5.41, 5.74) is 1.28. The Balaban J connectivity index is 2.38. The van der Waals surface area contributed by atoms with Crippen LogP contribution in [0.15, 0.2) is 42.5 Å². The fourth-order valence-corrected chi connectivity index (χ4v) is 0.985. The zero-order chi connectivity index (χ0) is 8.65. The lowest BCUT2D eigenvalue weighted by Crippen LogP contribution is -1.78. The maximum Gasteiger partial charge on any atom is 0.123 e. The molecule has 0 unspecified atom stereocenters. The van der Waals surface area contributed by atoms with Crippen molar-refractivity contribution in [2.45, 2.75) is 12.8 Å². The number of benzene rings is 1. The smallest absolute Gasteiger partial charge is 0.123 e. The van der Waals surface area contributed by atoms with Crippen LogP contribution in [0, 0.1) is 0 Å². The zero-order valence-electron chi connectivity index (χ0n) is 6.94. The third-order valence-electron chi connectivity index (χ3n) is 1.60. The van der Waals surface area contributed by atoms with Crippen LogP contribution in [0.1, 0.15) is 12.0 Å². The molecule has 0 N–H and O–H groups in total. The molecule has 0 heterocycles. The second kappa shape index (κ2) is 5.30. The molecular weight excluding hydrogens is 148 g/mol. The summed E-state index contributed by atoms with van der Waals surface area (Å²) >= 11 is 0. The Morgan fingerprint density at radius 2 is 1.83 bits per heavy atom. The number of rotatable bonds is 4. The lowest BCUT2D eigenvalue weighted by atomic mass is 10.1. The molecule has 1 aromatic carbocycles. The lowest BCUT2D eigenvalue weighted by Gasteiger charge is -1.92. The third kappa shape index (κ3) is 3.15. The second-order valence-electron chi connectivity index (χ2n) is 2.56. The minimum absolute atomic E-state index is 0.521. The molecule has 0 bridgehead atoms. The molecule has 1 heteroatoms. The summed E-state index contributed by atoms with van der Waals surface area (Å²) in [6.45, 7) is 0. The van der Waals surface area contributed by atoms with Gasteiger partial charge in [0.2, 0.25) is 0 Å². The van der Waals surface area contributed by atoms with Gasteiger partial charge in [0.05, 0.1) is 0 Å². The minimum atomic E-state index is 0.521. The van der Waals surface area contributed by atoms with Crippen molar-refractivity contribution in [2.75, 3.05) is 0 Å². The molecule has 0 radical (unpaired) electrons.